The number of halogens is 3. The number of hydrogen-bond acceptors (Lipinski definition) is 6. The SMILES string of the molecule is COCCOc1ncc(N2CCN(C(=O)OC(C)(C)C)CC2)cc1C(F)(F)F. The van der Waals surface area contributed by atoms with Crippen LogP contribution in [0.15, 0.2) is 12.3 Å². The van der Waals surface area contributed by atoms with E-state index in [9.17, 15) is 18.0 Å². The van der Waals surface area contributed by atoms with E-state index < -0.39 is 29.3 Å². The van der Waals surface area contributed by atoms with Gasteiger partial charge < -0.3 is 24.0 Å². The van der Waals surface area contributed by atoms with Crippen LogP contribution in [-0.2, 0) is 15.7 Å². The molecule has 0 aliphatic carbocycles. The Hall–Kier alpha value is -2.23. The van der Waals surface area contributed by atoms with Crippen molar-refractivity contribution in [2.24, 2.45) is 0 Å². The van der Waals surface area contributed by atoms with Crippen molar-refractivity contribution in [2.45, 2.75) is 32.5 Å². The molecule has 1 aromatic heterocycles. The number of carbonyl (C=O) groups excluding carboxylic acids is 1. The summed E-state index contributed by atoms with van der Waals surface area (Å²) in [6.45, 7) is 6.92. The third-order valence-electron chi connectivity index (χ3n) is 3.96. The number of methoxy groups -OCH3 is 1. The highest BCUT2D eigenvalue weighted by atomic mass is 19.4. The Bertz CT molecular complexity index is 669. The number of hydrogen-bond donors (Lipinski definition) is 0. The van der Waals surface area contributed by atoms with Gasteiger partial charge in [-0.05, 0) is 26.8 Å². The Balaban J connectivity index is 2.07. The Morgan fingerprint density at radius 2 is 1.79 bits per heavy atom. The van der Waals surface area contributed by atoms with Crippen molar-refractivity contribution in [2.75, 3.05) is 51.4 Å². The van der Waals surface area contributed by atoms with E-state index in [0.29, 0.717) is 31.9 Å². The molecule has 0 aromatic carbocycles. The second kappa shape index (κ2) is 8.85. The molecule has 0 spiro atoms. The smallest absolute Gasteiger partial charge is 0.421 e. The highest BCUT2D eigenvalue weighted by Crippen LogP contribution is 2.37. The van der Waals surface area contributed by atoms with Crippen molar-refractivity contribution in [1.82, 2.24) is 9.88 Å². The average Bonchev–Trinajstić information content (AvgIpc) is 2.60. The minimum atomic E-state index is -4.59. The van der Waals surface area contributed by atoms with Gasteiger partial charge in [-0.3, -0.25) is 0 Å². The van der Waals surface area contributed by atoms with E-state index in [0.717, 1.165) is 6.07 Å². The summed E-state index contributed by atoms with van der Waals surface area (Å²) in [6.07, 6.45) is -3.67. The lowest BCUT2D eigenvalue weighted by Gasteiger charge is -2.36. The predicted octanol–water partition coefficient (Wildman–Crippen LogP) is 3.18. The van der Waals surface area contributed by atoms with Crippen LogP contribution in [0, 0.1) is 0 Å². The molecule has 0 bridgehead atoms. The zero-order chi connectivity index (χ0) is 20.9. The normalized spacial score (nSPS) is 15.5. The van der Waals surface area contributed by atoms with Gasteiger partial charge in [0.15, 0.2) is 0 Å². The maximum atomic E-state index is 13.4. The molecule has 158 valence electrons. The van der Waals surface area contributed by atoms with Crippen molar-refractivity contribution in [3.8, 4) is 5.88 Å². The van der Waals surface area contributed by atoms with E-state index in [1.54, 1.807) is 30.6 Å². The number of anilines is 1. The molecule has 28 heavy (non-hydrogen) atoms. The topological polar surface area (TPSA) is 64.1 Å². The van der Waals surface area contributed by atoms with Gasteiger partial charge in [0.05, 0.1) is 18.5 Å². The number of ether oxygens (including phenoxy) is 3. The molecule has 1 aliphatic rings. The van der Waals surface area contributed by atoms with Crippen molar-refractivity contribution in [3.63, 3.8) is 0 Å². The van der Waals surface area contributed by atoms with E-state index in [1.807, 2.05) is 0 Å². The third-order valence-corrected chi connectivity index (χ3v) is 3.96. The van der Waals surface area contributed by atoms with Gasteiger partial charge in [-0.15, -0.1) is 0 Å². The lowest BCUT2D eigenvalue weighted by Crippen LogP contribution is -2.50. The molecule has 1 fully saturated rings. The van der Waals surface area contributed by atoms with Crippen LogP contribution < -0.4 is 9.64 Å². The van der Waals surface area contributed by atoms with Gasteiger partial charge >= 0.3 is 12.3 Å². The summed E-state index contributed by atoms with van der Waals surface area (Å²) in [6, 6.07) is 1.03. The highest BCUT2D eigenvalue weighted by molar-refractivity contribution is 5.68. The maximum Gasteiger partial charge on any atom is 0.421 e. The van der Waals surface area contributed by atoms with Gasteiger partial charge in [0.1, 0.15) is 17.8 Å². The van der Waals surface area contributed by atoms with Crippen LogP contribution in [0.3, 0.4) is 0 Å². The molecule has 1 amide bonds. The standard InChI is InChI=1S/C18H26F3N3O4/c1-17(2,3)28-16(25)24-7-5-23(6-8-24)13-11-14(18(19,20)21)15(22-12-13)27-10-9-26-4/h11-12H,5-10H2,1-4H3. The zero-order valence-corrected chi connectivity index (χ0v) is 16.5. The molecule has 0 saturated carbocycles. The first-order valence-electron chi connectivity index (χ1n) is 8.93. The lowest BCUT2D eigenvalue weighted by molar-refractivity contribution is -0.139. The summed E-state index contributed by atoms with van der Waals surface area (Å²) in [5.41, 5.74) is -1.20. The summed E-state index contributed by atoms with van der Waals surface area (Å²) in [7, 11) is 1.43. The van der Waals surface area contributed by atoms with Crippen LogP contribution >= 0.6 is 0 Å². The largest absolute Gasteiger partial charge is 0.475 e. The molecule has 7 nitrogen and oxygen atoms in total. The van der Waals surface area contributed by atoms with Gasteiger partial charge in [-0.1, -0.05) is 0 Å². The lowest BCUT2D eigenvalue weighted by atomic mass is 10.2. The Morgan fingerprint density at radius 3 is 2.32 bits per heavy atom. The van der Waals surface area contributed by atoms with Crippen LogP contribution in [0.5, 0.6) is 5.88 Å². The number of nitrogens with zero attached hydrogens (tertiary/aromatic N) is 3. The van der Waals surface area contributed by atoms with E-state index in [2.05, 4.69) is 4.98 Å². The Morgan fingerprint density at radius 1 is 1.14 bits per heavy atom. The van der Waals surface area contributed by atoms with E-state index >= 15 is 0 Å². The van der Waals surface area contributed by atoms with Crippen LogP contribution in [-0.4, -0.2) is 68.1 Å². The van der Waals surface area contributed by atoms with Gasteiger partial charge in [0.25, 0.3) is 0 Å². The fourth-order valence-corrected chi connectivity index (χ4v) is 2.63. The minimum absolute atomic E-state index is 0.0273. The average molecular weight is 405 g/mol. The van der Waals surface area contributed by atoms with Crippen LogP contribution in [0.1, 0.15) is 26.3 Å². The minimum Gasteiger partial charge on any atom is -0.475 e. The molecule has 10 heteroatoms. The second-order valence-electron chi connectivity index (χ2n) is 7.34. The number of piperazine rings is 1. The number of alkyl halides is 3. The number of carbonyl (C=O) groups is 1. The molecule has 2 rings (SSSR count). The molecule has 2 heterocycles. The zero-order valence-electron chi connectivity index (χ0n) is 16.5. The summed E-state index contributed by atoms with van der Waals surface area (Å²) in [5, 5.41) is 0. The van der Waals surface area contributed by atoms with Crippen LogP contribution in [0.2, 0.25) is 0 Å². The molecular weight excluding hydrogens is 379 g/mol. The Labute approximate surface area is 162 Å². The molecular formula is C18H26F3N3O4. The van der Waals surface area contributed by atoms with Gasteiger partial charge in [0, 0.05) is 33.3 Å². The van der Waals surface area contributed by atoms with Gasteiger partial charge in [0.2, 0.25) is 5.88 Å². The molecule has 1 saturated heterocycles. The number of pyridine rings is 1. The van der Waals surface area contributed by atoms with Crippen molar-refractivity contribution < 1.29 is 32.2 Å². The van der Waals surface area contributed by atoms with Crippen LogP contribution in [0.4, 0.5) is 23.7 Å². The van der Waals surface area contributed by atoms with Crippen molar-refractivity contribution in [1.29, 1.82) is 0 Å². The van der Waals surface area contributed by atoms with E-state index in [1.165, 1.54) is 13.3 Å². The second-order valence-corrected chi connectivity index (χ2v) is 7.34. The first-order valence-corrected chi connectivity index (χ1v) is 8.93. The fourth-order valence-electron chi connectivity index (χ4n) is 2.63. The summed E-state index contributed by atoms with van der Waals surface area (Å²) >= 11 is 0. The Kier molecular flexibility index (Phi) is 6.97. The first kappa shape index (κ1) is 22.1. The summed E-state index contributed by atoms with van der Waals surface area (Å²) < 4.78 is 55.4. The van der Waals surface area contributed by atoms with Crippen molar-refractivity contribution >= 4 is 11.8 Å². The predicted molar refractivity (Wildman–Crippen MR) is 96.6 cm³/mol. The maximum absolute atomic E-state index is 13.4. The summed E-state index contributed by atoms with van der Waals surface area (Å²) in [4.78, 5) is 19.3. The molecule has 0 unspecified atom stereocenters. The van der Waals surface area contributed by atoms with Crippen molar-refractivity contribution in [3.05, 3.63) is 17.8 Å². The monoisotopic (exact) mass is 405 g/mol. The molecule has 0 radical (unpaired) electrons. The fraction of sp³-hybridized carbons (Fsp3) is 0.667. The molecule has 0 N–H and O–H groups in total. The number of amides is 1. The molecule has 1 aromatic rings. The quantitative estimate of drug-likeness (QED) is 0.701. The summed E-state index contributed by atoms with van der Waals surface area (Å²) in [5.74, 6) is -0.472. The van der Waals surface area contributed by atoms with Gasteiger partial charge in [-0.2, -0.15) is 13.2 Å². The highest BCUT2D eigenvalue weighted by Gasteiger charge is 2.36. The molecule has 1 aliphatic heterocycles. The van der Waals surface area contributed by atoms with E-state index in [4.69, 9.17) is 14.2 Å². The molecule has 0 atom stereocenters. The van der Waals surface area contributed by atoms with Crippen LogP contribution in [0.25, 0.3) is 0 Å². The third kappa shape index (κ3) is 6.15. The first-order chi connectivity index (χ1) is 13.0. The van der Waals surface area contributed by atoms with E-state index in [-0.39, 0.29) is 13.2 Å². The number of rotatable bonds is 5. The van der Waals surface area contributed by atoms with Gasteiger partial charge in [-0.25, -0.2) is 9.78 Å². The number of aromatic nitrogens is 1.